The van der Waals surface area contributed by atoms with E-state index >= 15 is 0 Å². The summed E-state index contributed by atoms with van der Waals surface area (Å²) in [6.07, 6.45) is 7.10. The third-order valence-electron chi connectivity index (χ3n) is 4.34. The number of aromatic nitrogens is 3. The monoisotopic (exact) mass is 300 g/mol. The number of hydrogen-bond donors (Lipinski definition) is 1. The zero-order chi connectivity index (χ0) is 15.4. The van der Waals surface area contributed by atoms with Crippen LogP contribution in [-0.2, 0) is 18.2 Å². The van der Waals surface area contributed by atoms with E-state index in [1.54, 1.807) is 0 Å². The summed E-state index contributed by atoms with van der Waals surface area (Å²) in [4.78, 5) is 4.34. The van der Waals surface area contributed by atoms with Crippen molar-refractivity contribution >= 4 is 5.69 Å². The SMILES string of the molecule is CCc1cc(NC[C@@H]2CCCO[C@H]2c2ccnn2C)ccn1. The molecule has 3 heterocycles. The van der Waals surface area contributed by atoms with Gasteiger partial charge in [-0.1, -0.05) is 6.92 Å². The van der Waals surface area contributed by atoms with Crippen molar-refractivity contribution < 1.29 is 4.74 Å². The van der Waals surface area contributed by atoms with Crippen LogP contribution in [0.3, 0.4) is 0 Å². The van der Waals surface area contributed by atoms with Crippen LogP contribution in [-0.4, -0.2) is 27.9 Å². The standard InChI is InChI=1S/C17H24N4O/c1-3-14-11-15(6-8-18-14)19-12-13-5-4-10-22-17(13)16-7-9-20-21(16)2/h6-9,11,13,17H,3-5,10,12H2,1-2H3,(H,18,19)/t13-,17+/m0/s1. The molecule has 1 aliphatic heterocycles. The van der Waals surface area contributed by atoms with Crippen molar-refractivity contribution in [2.75, 3.05) is 18.5 Å². The van der Waals surface area contributed by atoms with E-state index in [1.807, 2.05) is 30.2 Å². The van der Waals surface area contributed by atoms with Gasteiger partial charge in [-0.15, -0.1) is 0 Å². The van der Waals surface area contributed by atoms with Crippen molar-refractivity contribution in [2.45, 2.75) is 32.3 Å². The van der Waals surface area contributed by atoms with Gasteiger partial charge in [0.25, 0.3) is 0 Å². The van der Waals surface area contributed by atoms with E-state index < -0.39 is 0 Å². The molecule has 0 spiro atoms. The molecule has 1 aliphatic rings. The third-order valence-corrected chi connectivity index (χ3v) is 4.34. The molecule has 2 atom stereocenters. The van der Waals surface area contributed by atoms with Crippen LogP contribution in [0.5, 0.6) is 0 Å². The Morgan fingerprint density at radius 2 is 2.27 bits per heavy atom. The summed E-state index contributed by atoms with van der Waals surface area (Å²) in [6, 6.07) is 6.22. The molecule has 22 heavy (non-hydrogen) atoms. The molecule has 0 radical (unpaired) electrons. The topological polar surface area (TPSA) is 52.0 Å². The van der Waals surface area contributed by atoms with Crippen molar-refractivity contribution in [2.24, 2.45) is 13.0 Å². The van der Waals surface area contributed by atoms with Crippen LogP contribution < -0.4 is 5.32 Å². The Morgan fingerprint density at radius 3 is 3.05 bits per heavy atom. The van der Waals surface area contributed by atoms with Crippen molar-refractivity contribution in [1.82, 2.24) is 14.8 Å². The van der Waals surface area contributed by atoms with Gasteiger partial charge in [0.15, 0.2) is 0 Å². The molecule has 2 aromatic rings. The van der Waals surface area contributed by atoms with Crippen molar-refractivity contribution in [3.8, 4) is 0 Å². The maximum Gasteiger partial charge on any atom is 0.104 e. The molecule has 0 amide bonds. The number of hydrogen-bond acceptors (Lipinski definition) is 4. The second kappa shape index (κ2) is 6.92. The fourth-order valence-corrected chi connectivity index (χ4v) is 3.07. The predicted octanol–water partition coefficient (Wildman–Crippen LogP) is 2.96. The molecular formula is C17H24N4O. The lowest BCUT2D eigenvalue weighted by molar-refractivity contribution is -0.0284. The van der Waals surface area contributed by atoms with Gasteiger partial charge in [-0.3, -0.25) is 9.67 Å². The summed E-state index contributed by atoms with van der Waals surface area (Å²) in [5.74, 6) is 0.461. The predicted molar refractivity (Wildman–Crippen MR) is 86.7 cm³/mol. The molecule has 0 bridgehead atoms. The molecule has 1 saturated heterocycles. The summed E-state index contributed by atoms with van der Waals surface area (Å²) in [5, 5.41) is 7.83. The van der Waals surface area contributed by atoms with Gasteiger partial charge in [0.05, 0.1) is 5.69 Å². The molecule has 5 nitrogen and oxygen atoms in total. The number of pyridine rings is 1. The molecule has 1 fully saturated rings. The maximum atomic E-state index is 6.04. The molecule has 118 valence electrons. The lowest BCUT2D eigenvalue weighted by Crippen LogP contribution is -2.29. The molecule has 2 aromatic heterocycles. The zero-order valence-electron chi connectivity index (χ0n) is 13.3. The zero-order valence-corrected chi connectivity index (χ0v) is 13.3. The average Bonchev–Trinajstić information content (AvgIpc) is 2.99. The van der Waals surface area contributed by atoms with E-state index in [9.17, 15) is 0 Å². The van der Waals surface area contributed by atoms with E-state index in [2.05, 4.69) is 34.5 Å². The van der Waals surface area contributed by atoms with E-state index in [-0.39, 0.29) is 6.10 Å². The van der Waals surface area contributed by atoms with Crippen LogP contribution in [0.2, 0.25) is 0 Å². The lowest BCUT2D eigenvalue weighted by Gasteiger charge is -2.32. The highest BCUT2D eigenvalue weighted by Crippen LogP contribution is 2.33. The molecule has 0 aromatic carbocycles. The third kappa shape index (κ3) is 3.30. The lowest BCUT2D eigenvalue weighted by atomic mass is 9.92. The number of nitrogens with one attached hydrogen (secondary N) is 1. The molecule has 0 saturated carbocycles. The Bertz CT molecular complexity index is 610. The largest absolute Gasteiger partial charge is 0.385 e. The Morgan fingerprint density at radius 1 is 1.36 bits per heavy atom. The first-order valence-electron chi connectivity index (χ1n) is 8.06. The number of ether oxygens (including phenoxy) is 1. The molecule has 3 rings (SSSR count). The first-order chi connectivity index (χ1) is 10.8. The Kier molecular flexibility index (Phi) is 4.73. The number of aryl methyl sites for hydroxylation is 2. The summed E-state index contributed by atoms with van der Waals surface area (Å²) in [7, 11) is 1.98. The smallest absolute Gasteiger partial charge is 0.104 e. The Hall–Kier alpha value is -1.88. The second-order valence-electron chi connectivity index (χ2n) is 5.84. The summed E-state index contributed by atoms with van der Waals surface area (Å²) in [5.41, 5.74) is 3.42. The minimum atomic E-state index is 0.126. The van der Waals surface area contributed by atoms with Crippen LogP contribution in [0.15, 0.2) is 30.6 Å². The maximum absolute atomic E-state index is 6.04. The molecule has 1 N–H and O–H groups in total. The van der Waals surface area contributed by atoms with Gasteiger partial charge in [-0.05, 0) is 37.5 Å². The molecular weight excluding hydrogens is 276 g/mol. The van der Waals surface area contributed by atoms with E-state index in [1.165, 1.54) is 6.42 Å². The fourth-order valence-electron chi connectivity index (χ4n) is 3.07. The normalized spacial score (nSPS) is 21.7. The van der Waals surface area contributed by atoms with Crippen molar-refractivity contribution in [3.05, 3.63) is 42.0 Å². The van der Waals surface area contributed by atoms with Gasteiger partial charge in [0.2, 0.25) is 0 Å². The first kappa shape index (κ1) is 15.0. The first-order valence-corrected chi connectivity index (χ1v) is 8.06. The minimum Gasteiger partial charge on any atom is -0.385 e. The summed E-state index contributed by atoms with van der Waals surface area (Å²) in [6.45, 7) is 3.87. The van der Waals surface area contributed by atoms with Crippen molar-refractivity contribution in [3.63, 3.8) is 0 Å². The van der Waals surface area contributed by atoms with Crippen LogP contribution in [0.1, 0.15) is 37.3 Å². The fraction of sp³-hybridized carbons (Fsp3) is 0.529. The number of nitrogens with zero attached hydrogens (tertiary/aromatic N) is 3. The van der Waals surface area contributed by atoms with E-state index in [0.717, 1.165) is 43.1 Å². The van der Waals surface area contributed by atoms with Gasteiger partial charge in [-0.2, -0.15) is 5.10 Å². The summed E-state index contributed by atoms with van der Waals surface area (Å²) < 4.78 is 7.96. The summed E-state index contributed by atoms with van der Waals surface area (Å²) >= 11 is 0. The van der Waals surface area contributed by atoms with Gasteiger partial charge in [0.1, 0.15) is 6.10 Å². The van der Waals surface area contributed by atoms with E-state index in [0.29, 0.717) is 5.92 Å². The van der Waals surface area contributed by atoms with Crippen LogP contribution in [0.4, 0.5) is 5.69 Å². The average molecular weight is 300 g/mol. The van der Waals surface area contributed by atoms with Crippen molar-refractivity contribution in [1.29, 1.82) is 0 Å². The van der Waals surface area contributed by atoms with Crippen LogP contribution >= 0.6 is 0 Å². The highest BCUT2D eigenvalue weighted by molar-refractivity contribution is 5.43. The molecule has 0 unspecified atom stereocenters. The van der Waals surface area contributed by atoms with Crippen LogP contribution in [0, 0.1) is 5.92 Å². The second-order valence-corrected chi connectivity index (χ2v) is 5.84. The van der Waals surface area contributed by atoms with Gasteiger partial charge in [0, 0.05) is 49.9 Å². The Balaban J connectivity index is 1.68. The van der Waals surface area contributed by atoms with Gasteiger partial charge >= 0.3 is 0 Å². The number of anilines is 1. The Labute approximate surface area is 131 Å². The van der Waals surface area contributed by atoms with Crippen LogP contribution in [0.25, 0.3) is 0 Å². The molecule has 0 aliphatic carbocycles. The quantitative estimate of drug-likeness (QED) is 0.922. The van der Waals surface area contributed by atoms with Gasteiger partial charge in [-0.25, -0.2) is 0 Å². The van der Waals surface area contributed by atoms with Gasteiger partial charge < -0.3 is 10.1 Å². The highest BCUT2D eigenvalue weighted by atomic mass is 16.5. The number of rotatable bonds is 5. The highest BCUT2D eigenvalue weighted by Gasteiger charge is 2.29. The molecule has 5 heteroatoms. The minimum absolute atomic E-state index is 0.126. The van der Waals surface area contributed by atoms with E-state index in [4.69, 9.17) is 4.74 Å².